The van der Waals surface area contributed by atoms with Gasteiger partial charge in [-0.1, -0.05) is 57.2 Å². The first kappa shape index (κ1) is 34.0. The summed E-state index contributed by atoms with van der Waals surface area (Å²) in [6.07, 6.45) is 0.930. The van der Waals surface area contributed by atoms with Gasteiger partial charge < -0.3 is 24.1 Å². The van der Waals surface area contributed by atoms with E-state index in [1.807, 2.05) is 48.5 Å². The summed E-state index contributed by atoms with van der Waals surface area (Å²) in [5.41, 5.74) is 5.40. The molecule has 6 rings (SSSR count). The number of anilines is 3. The first-order chi connectivity index (χ1) is 23.1. The molecule has 1 atom stereocenters. The van der Waals surface area contributed by atoms with Crippen molar-refractivity contribution in [3.63, 3.8) is 0 Å². The second-order valence-corrected chi connectivity index (χ2v) is 19.2. The van der Waals surface area contributed by atoms with Crippen LogP contribution in [0.2, 0.25) is 18.1 Å². The van der Waals surface area contributed by atoms with Crippen LogP contribution < -0.4 is 15.0 Å². The fourth-order valence-electron chi connectivity index (χ4n) is 5.86. The summed E-state index contributed by atoms with van der Waals surface area (Å²) in [6.45, 7) is 19.9. The lowest BCUT2D eigenvalue weighted by Gasteiger charge is -2.38. The number of ether oxygens (including phenoxy) is 2. The van der Waals surface area contributed by atoms with Crippen LogP contribution in [0.1, 0.15) is 44.5 Å². The Hall–Kier alpha value is -3.83. The summed E-state index contributed by atoms with van der Waals surface area (Å²) in [5.74, 6) is 3.11. The van der Waals surface area contributed by atoms with Crippen LogP contribution in [-0.2, 0) is 28.7 Å². The number of benzene rings is 2. The molecule has 4 aromatic rings. The van der Waals surface area contributed by atoms with E-state index in [-0.39, 0.29) is 11.1 Å². The molecule has 0 amide bonds. The van der Waals surface area contributed by atoms with Crippen LogP contribution in [0.5, 0.6) is 5.88 Å². The Bertz CT molecular complexity index is 1660. The lowest BCUT2D eigenvalue weighted by atomic mass is 10.0. The van der Waals surface area contributed by atoms with Crippen LogP contribution >= 0.6 is 0 Å². The maximum absolute atomic E-state index is 6.53. The molecule has 1 fully saturated rings. The van der Waals surface area contributed by atoms with Gasteiger partial charge in [-0.2, -0.15) is 4.98 Å². The molecular weight excluding hydrogens is 617 g/mol. The average molecular weight is 667 g/mol. The SMILES string of the molecule is CC1COCCN1c1nc(-c2ccc(Nc3cccc(OCc4ccccc4)n3)cc2)nc2c1CCN(CCO[Si](C)(C)C(C)(C)C)C2. The van der Waals surface area contributed by atoms with Crippen molar-refractivity contribution in [2.24, 2.45) is 0 Å². The van der Waals surface area contributed by atoms with Crippen molar-refractivity contribution in [2.75, 3.05) is 49.7 Å². The molecular formula is C38H50N6O3Si. The maximum atomic E-state index is 6.53. The molecule has 2 aromatic carbocycles. The minimum atomic E-state index is -1.79. The fraction of sp³-hybridized carbons (Fsp3) is 0.447. The van der Waals surface area contributed by atoms with Crippen molar-refractivity contribution in [3.8, 4) is 17.3 Å². The summed E-state index contributed by atoms with van der Waals surface area (Å²) in [5, 5.41) is 3.62. The number of hydrogen-bond donors (Lipinski definition) is 1. The van der Waals surface area contributed by atoms with Crippen molar-refractivity contribution in [1.29, 1.82) is 0 Å². The molecule has 10 heteroatoms. The number of nitrogens with zero attached hydrogens (tertiary/aromatic N) is 5. The van der Waals surface area contributed by atoms with Gasteiger partial charge in [-0.3, -0.25) is 4.90 Å². The third-order valence-corrected chi connectivity index (χ3v) is 14.3. The zero-order valence-corrected chi connectivity index (χ0v) is 30.3. The highest BCUT2D eigenvalue weighted by Gasteiger charge is 2.37. The monoisotopic (exact) mass is 666 g/mol. The summed E-state index contributed by atoms with van der Waals surface area (Å²) in [6, 6.07) is 24.4. The summed E-state index contributed by atoms with van der Waals surface area (Å²) >= 11 is 0. The summed E-state index contributed by atoms with van der Waals surface area (Å²) in [4.78, 5) is 20.0. The maximum Gasteiger partial charge on any atom is 0.215 e. The number of rotatable bonds is 11. The van der Waals surface area contributed by atoms with E-state index in [4.69, 9.17) is 23.9 Å². The minimum absolute atomic E-state index is 0.204. The van der Waals surface area contributed by atoms with Gasteiger partial charge in [0.15, 0.2) is 14.1 Å². The van der Waals surface area contributed by atoms with Gasteiger partial charge in [-0.25, -0.2) is 9.97 Å². The van der Waals surface area contributed by atoms with E-state index in [9.17, 15) is 0 Å². The molecule has 2 aliphatic rings. The van der Waals surface area contributed by atoms with Gasteiger partial charge in [0.1, 0.15) is 18.2 Å². The molecule has 0 radical (unpaired) electrons. The van der Waals surface area contributed by atoms with E-state index in [2.05, 4.69) is 85.2 Å². The Morgan fingerprint density at radius 2 is 1.73 bits per heavy atom. The van der Waals surface area contributed by atoms with Crippen LogP contribution in [0.25, 0.3) is 11.4 Å². The number of aromatic nitrogens is 3. The van der Waals surface area contributed by atoms with Gasteiger partial charge in [0.2, 0.25) is 5.88 Å². The smallest absolute Gasteiger partial charge is 0.215 e. The number of fused-ring (bicyclic) bond motifs is 1. The Balaban J connectivity index is 1.18. The third-order valence-electron chi connectivity index (χ3n) is 9.81. The molecule has 48 heavy (non-hydrogen) atoms. The molecule has 1 N–H and O–H groups in total. The Kier molecular flexibility index (Phi) is 10.5. The normalized spacial score (nSPS) is 17.2. The largest absolute Gasteiger partial charge is 0.473 e. The first-order valence-electron chi connectivity index (χ1n) is 17.2. The van der Waals surface area contributed by atoms with Gasteiger partial charge in [0.25, 0.3) is 0 Å². The molecule has 1 unspecified atom stereocenters. The van der Waals surface area contributed by atoms with E-state index in [0.29, 0.717) is 25.7 Å². The lowest BCUT2D eigenvalue weighted by molar-refractivity contribution is 0.0983. The predicted octanol–water partition coefficient (Wildman–Crippen LogP) is 7.47. The van der Waals surface area contributed by atoms with Crippen LogP contribution in [0, 0.1) is 0 Å². The Morgan fingerprint density at radius 1 is 0.938 bits per heavy atom. The van der Waals surface area contributed by atoms with Crippen molar-refractivity contribution in [3.05, 3.63) is 89.6 Å². The van der Waals surface area contributed by atoms with Crippen LogP contribution in [0.4, 0.5) is 17.3 Å². The lowest BCUT2D eigenvalue weighted by Crippen LogP contribution is -2.46. The second kappa shape index (κ2) is 14.7. The molecule has 254 valence electrons. The Labute approximate surface area is 286 Å². The molecule has 0 saturated carbocycles. The van der Waals surface area contributed by atoms with E-state index in [1.54, 1.807) is 0 Å². The van der Waals surface area contributed by atoms with Crippen molar-refractivity contribution in [1.82, 2.24) is 19.9 Å². The fourth-order valence-corrected chi connectivity index (χ4v) is 6.89. The summed E-state index contributed by atoms with van der Waals surface area (Å²) < 4.78 is 18.2. The van der Waals surface area contributed by atoms with Crippen molar-refractivity contribution in [2.45, 2.75) is 71.4 Å². The summed E-state index contributed by atoms with van der Waals surface area (Å²) in [7, 11) is -1.79. The third kappa shape index (κ3) is 8.23. The van der Waals surface area contributed by atoms with E-state index >= 15 is 0 Å². The second-order valence-electron chi connectivity index (χ2n) is 14.4. The van der Waals surface area contributed by atoms with Crippen LogP contribution in [-0.4, -0.2) is 73.7 Å². The highest BCUT2D eigenvalue weighted by atomic mass is 28.4. The van der Waals surface area contributed by atoms with Gasteiger partial charge in [-0.15, -0.1) is 0 Å². The zero-order valence-electron chi connectivity index (χ0n) is 29.3. The molecule has 0 spiro atoms. The average Bonchev–Trinajstić information content (AvgIpc) is 3.07. The van der Waals surface area contributed by atoms with E-state index in [0.717, 1.165) is 79.2 Å². The number of pyridine rings is 1. The van der Waals surface area contributed by atoms with E-state index in [1.165, 1.54) is 5.56 Å². The molecule has 4 heterocycles. The molecule has 2 aliphatic heterocycles. The molecule has 0 bridgehead atoms. The molecule has 1 saturated heterocycles. The quantitative estimate of drug-likeness (QED) is 0.164. The van der Waals surface area contributed by atoms with Crippen LogP contribution in [0.3, 0.4) is 0 Å². The van der Waals surface area contributed by atoms with Crippen LogP contribution in [0.15, 0.2) is 72.8 Å². The molecule has 2 aromatic heterocycles. The van der Waals surface area contributed by atoms with Gasteiger partial charge in [-0.05, 0) is 67.4 Å². The standard InChI is InChI=1S/C38H50N6O3Si/c1-28-26-45-23-22-44(28)37-32-19-20-43(21-24-47-48(5,6)38(2,3)4)25-33(32)40-36(42-37)30-15-17-31(18-16-30)39-34-13-10-14-35(41-34)46-27-29-11-8-7-9-12-29/h7-18,28H,19-27H2,1-6H3,(H,39,41). The zero-order chi connectivity index (χ0) is 33.7. The van der Waals surface area contributed by atoms with Crippen molar-refractivity contribution < 1.29 is 13.9 Å². The molecule has 0 aliphatic carbocycles. The minimum Gasteiger partial charge on any atom is -0.473 e. The Morgan fingerprint density at radius 3 is 2.48 bits per heavy atom. The van der Waals surface area contributed by atoms with Crippen molar-refractivity contribution >= 4 is 25.6 Å². The number of nitrogens with one attached hydrogen (secondary N) is 1. The number of morpholine rings is 1. The number of hydrogen-bond acceptors (Lipinski definition) is 9. The molecule has 9 nitrogen and oxygen atoms in total. The van der Waals surface area contributed by atoms with Gasteiger partial charge in [0.05, 0.1) is 24.9 Å². The predicted molar refractivity (Wildman–Crippen MR) is 196 cm³/mol. The highest BCUT2D eigenvalue weighted by molar-refractivity contribution is 6.74. The van der Waals surface area contributed by atoms with E-state index < -0.39 is 8.32 Å². The first-order valence-corrected chi connectivity index (χ1v) is 20.1. The topological polar surface area (TPSA) is 84.9 Å². The highest BCUT2D eigenvalue weighted by Crippen LogP contribution is 2.37. The van der Waals surface area contributed by atoms with Gasteiger partial charge >= 0.3 is 0 Å². The van der Waals surface area contributed by atoms with Gasteiger partial charge in [0, 0.05) is 55.7 Å².